The quantitative estimate of drug-likeness (QED) is 0.237. The number of hydrogen-bond acceptors (Lipinski definition) is 6. The van der Waals surface area contributed by atoms with Gasteiger partial charge in [-0.1, -0.05) is 5.11 Å². The lowest BCUT2D eigenvalue weighted by molar-refractivity contribution is -0.227. The summed E-state index contributed by atoms with van der Waals surface area (Å²) in [6.45, 7) is -0.539. The normalized spacial score (nSPS) is 43.0. The monoisotopic (exact) mass is 205 g/mol. The Bertz CT molecular complexity index is 242. The van der Waals surface area contributed by atoms with Gasteiger partial charge in [-0.2, -0.15) is 0 Å². The number of rotatable bonds is 2. The van der Waals surface area contributed by atoms with Gasteiger partial charge >= 0.3 is 0 Å². The highest BCUT2D eigenvalue weighted by Gasteiger charge is 2.42. The van der Waals surface area contributed by atoms with Gasteiger partial charge in [-0.05, 0) is 5.53 Å². The van der Waals surface area contributed by atoms with Gasteiger partial charge < -0.3 is 25.2 Å². The van der Waals surface area contributed by atoms with Gasteiger partial charge in [-0.25, -0.2) is 0 Å². The summed E-state index contributed by atoms with van der Waals surface area (Å²) < 4.78 is 4.84. The van der Waals surface area contributed by atoms with E-state index in [4.69, 9.17) is 15.4 Å². The lowest BCUT2D eigenvalue weighted by Crippen LogP contribution is -2.57. The van der Waals surface area contributed by atoms with Crippen LogP contribution in [-0.4, -0.2) is 57.7 Å². The van der Waals surface area contributed by atoms with Crippen LogP contribution in [0.15, 0.2) is 5.11 Å². The Balaban J connectivity index is 2.77. The van der Waals surface area contributed by atoms with Crippen LogP contribution < -0.4 is 0 Å². The van der Waals surface area contributed by atoms with E-state index in [0.717, 1.165) is 0 Å². The van der Waals surface area contributed by atoms with Crippen molar-refractivity contribution >= 4 is 0 Å². The van der Waals surface area contributed by atoms with E-state index in [2.05, 4.69) is 10.0 Å². The van der Waals surface area contributed by atoms with E-state index in [9.17, 15) is 15.3 Å². The Labute approximate surface area is 79.0 Å². The molecule has 1 saturated heterocycles. The highest BCUT2D eigenvalue weighted by molar-refractivity contribution is 4.90. The van der Waals surface area contributed by atoms with E-state index in [1.807, 2.05) is 0 Å². The summed E-state index contributed by atoms with van der Waals surface area (Å²) in [6.07, 6.45) is -6.76. The Morgan fingerprint density at radius 2 is 1.86 bits per heavy atom. The Morgan fingerprint density at radius 1 is 1.21 bits per heavy atom. The van der Waals surface area contributed by atoms with Gasteiger partial charge in [0.15, 0.2) is 6.23 Å². The lowest BCUT2D eigenvalue weighted by Gasteiger charge is -2.37. The Hall–Kier alpha value is -0.890. The highest BCUT2D eigenvalue weighted by Crippen LogP contribution is 2.21. The molecular formula is C6H11N3O5. The van der Waals surface area contributed by atoms with Crippen molar-refractivity contribution in [1.29, 1.82) is 0 Å². The van der Waals surface area contributed by atoms with Crippen molar-refractivity contribution in [2.45, 2.75) is 30.6 Å². The molecule has 8 nitrogen and oxygen atoms in total. The van der Waals surface area contributed by atoms with Crippen molar-refractivity contribution in [1.82, 2.24) is 0 Å². The molecule has 0 spiro atoms. The van der Waals surface area contributed by atoms with Crippen LogP contribution in [0, 0.1) is 0 Å². The summed E-state index contributed by atoms with van der Waals surface area (Å²) in [5.41, 5.74) is 8.11. The largest absolute Gasteiger partial charge is 0.394 e. The SMILES string of the molecule is [N-]=[N+]=N[C@H]1OC(CO)[C@@H](O)[C@H](O)C1O. The summed E-state index contributed by atoms with van der Waals surface area (Å²) >= 11 is 0. The number of hydrogen-bond donors (Lipinski definition) is 4. The van der Waals surface area contributed by atoms with Crippen LogP contribution in [0.2, 0.25) is 0 Å². The molecule has 80 valence electrons. The molecule has 1 rings (SSSR count). The smallest absolute Gasteiger partial charge is 0.165 e. The second-order valence-electron chi connectivity index (χ2n) is 2.92. The van der Waals surface area contributed by atoms with Crippen LogP contribution in [0.1, 0.15) is 0 Å². The molecule has 2 unspecified atom stereocenters. The third kappa shape index (κ3) is 1.95. The standard InChI is InChI=1S/C6H11N3O5/c7-9-8-6-5(13)4(12)3(11)2(1-10)14-6/h2-6,10-13H,1H2/t2?,3-,4+,5?,6+/m1/s1. The minimum atomic E-state index is -1.50. The van der Waals surface area contributed by atoms with Crippen molar-refractivity contribution < 1.29 is 25.2 Å². The van der Waals surface area contributed by atoms with E-state index in [1.165, 1.54) is 0 Å². The molecule has 1 aliphatic heterocycles. The van der Waals surface area contributed by atoms with E-state index in [0.29, 0.717) is 0 Å². The molecule has 1 aliphatic rings. The predicted molar refractivity (Wildman–Crippen MR) is 42.9 cm³/mol. The number of aliphatic hydroxyl groups excluding tert-OH is 4. The van der Waals surface area contributed by atoms with Crippen LogP contribution in [0.3, 0.4) is 0 Å². The molecule has 0 aliphatic carbocycles. The summed E-state index contributed by atoms with van der Waals surface area (Å²) in [6, 6.07) is 0. The van der Waals surface area contributed by atoms with Crippen LogP contribution in [0.25, 0.3) is 10.4 Å². The number of ether oxygens (including phenoxy) is 1. The second-order valence-corrected chi connectivity index (χ2v) is 2.92. The fraction of sp³-hybridized carbons (Fsp3) is 1.00. The van der Waals surface area contributed by atoms with Crippen molar-refractivity contribution in [2.24, 2.45) is 5.11 Å². The van der Waals surface area contributed by atoms with Gasteiger partial charge in [0.05, 0.1) is 6.61 Å². The summed E-state index contributed by atoms with van der Waals surface area (Å²) in [5, 5.41) is 39.6. The molecule has 0 aromatic rings. The maximum absolute atomic E-state index is 9.27. The molecular weight excluding hydrogens is 194 g/mol. The summed E-state index contributed by atoms with van der Waals surface area (Å²) in [4.78, 5) is 2.40. The number of nitrogens with zero attached hydrogens (tertiary/aromatic N) is 3. The topological polar surface area (TPSA) is 139 Å². The third-order valence-electron chi connectivity index (χ3n) is 2.03. The maximum Gasteiger partial charge on any atom is 0.165 e. The predicted octanol–water partition coefficient (Wildman–Crippen LogP) is -1.90. The molecule has 0 bridgehead atoms. The van der Waals surface area contributed by atoms with Gasteiger partial charge in [0.2, 0.25) is 0 Å². The maximum atomic E-state index is 9.27. The Morgan fingerprint density at radius 3 is 2.36 bits per heavy atom. The van der Waals surface area contributed by atoms with E-state index in [-0.39, 0.29) is 0 Å². The summed E-state index contributed by atoms with van der Waals surface area (Å²) in [5.74, 6) is 0. The minimum Gasteiger partial charge on any atom is -0.394 e. The first-order chi connectivity index (χ1) is 6.61. The van der Waals surface area contributed by atoms with E-state index in [1.54, 1.807) is 0 Å². The first-order valence-electron chi connectivity index (χ1n) is 3.96. The molecule has 0 aromatic heterocycles. The number of azide groups is 1. The number of aliphatic hydroxyl groups is 4. The van der Waals surface area contributed by atoms with Crippen molar-refractivity contribution in [3.63, 3.8) is 0 Å². The molecule has 14 heavy (non-hydrogen) atoms. The van der Waals surface area contributed by atoms with Crippen LogP contribution in [-0.2, 0) is 4.74 Å². The van der Waals surface area contributed by atoms with Gasteiger partial charge in [0.1, 0.15) is 24.4 Å². The van der Waals surface area contributed by atoms with E-state index >= 15 is 0 Å². The molecule has 4 N–H and O–H groups in total. The van der Waals surface area contributed by atoms with Crippen molar-refractivity contribution in [3.8, 4) is 0 Å². The van der Waals surface area contributed by atoms with Crippen LogP contribution in [0.4, 0.5) is 0 Å². The second kappa shape index (κ2) is 4.56. The van der Waals surface area contributed by atoms with Gasteiger partial charge in [-0.3, -0.25) is 0 Å². The molecule has 0 radical (unpaired) electrons. The average Bonchev–Trinajstić information content (AvgIpc) is 2.19. The van der Waals surface area contributed by atoms with Gasteiger partial charge in [-0.15, -0.1) is 0 Å². The highest BCUT2D eigenvalue weighted by atomic mass is 16.6. The molecule has 8 heteroatoms. The van der Waals surface area contributed by atoms with Crippen LogP contribution >= 0.6 is 0 Å². The van der Waals surface area contributed by atoms with Gasteiger partial charge in [0, 0.05) is 4.91 Å². The van der Waals surface area contributed by atoms with E-state index < -0.39 is 37.3 Å². The average molecular weight is 205 g/mol. The zero-order chi connectivity index (χ0) is 10.7. The van der Waals surface area contributed by atoms with Gasteiger partial charge in [0.25, 0.3) is 0 Å². The molecule has 0 saturated carbocycles. The first kappa shape index (κ1) is 11.2. The third-order valence-corrected chi connectivity index (χ3v) is 2.03. The zero-order valence-electron chi connectivity index (χ0n) is 7.13. The molecule has 0 aromatic carbocycles. The lowest BCUT2D eigenvalue weighted by atomic mass is 9.99. The van der Waals surface area contributed by atoms with Crippen molar-refractivity contribution in [2.75, 3.05) is 6.61 Å². The molecule has 1 heterocycles. The molecule has 5 atom stereocenters. The summed E-state index contributed by atoms with van der Waals surface area (Å²) in [7, 11) is 0. The minimum absolute atomic E-state index is 0.539. The van der Waals surface area contributed by atoms with Crippen molar-refractivity contribution in [3.05, 3.63) is 10.4 Å². The molecule has 1 fully saturated rings. The fourth-order valence-corrected chi connectivity index (χ4v) is 1.23. The first-order valence-corrected chi connectivity index (χ1v) is 3.96. The fourth-order valence-electron chi connectivity index (χ4n) is 1.23. The zero-order valence-corrected chi connectivity index (χ0v) is 7.13. The Kier molecular flexibility index (Phi) is 3.64. The van der Waals surface area contributed by atoms with Crippen LogP contribution in [0.5, 0.6) is 0 Å². The molecule has 0 amide bonds.